The fourth-order valence-corrected chi connectivity index (χ4v) is 4.07. The van der Waals surface area contributed by atoms with Crippen molar-refractivity contribution < 1.29 is 14.3 Å². The van der Waals surface area contributed by atoms with Gasteiger partial charge in [0.1, 0.15) is 11.6 Å². The Hall–Kier alpha value is -1.10. The van der Waals surface area contributed by atoms with Crippen molar-refractivity contribution in [2.24, 2.45) is 11.8 Å². The van der Waals surface area contributed by atoms with E-state index in [-0.39, 0.29) is 30.0 Å². The van der Waals surface area contributed by atoms with Gasteiger partial charge in [-0.25, -0.2) is 0 Å². The van der Waals surface area contributed by atoms with Crippen LogP contribution in [0, 0.1) is 11.8 Å². The smallest absolute Gasteiger partial charge is 0.323 e. The van der Waals surface area contributed by atoms with E-state index in [9.17, 15) is 9.59 Å². The van der Waals surface area contributed by atoms with Gasteiger partial charge < -0.3 is 10.1 Å². The summed E-state index contributed by atoms with van der Waals surface area (Å²) in [5.74, 6) is 0.782. The van der Waals surface area contributed by atoms with Gasteiger partial charge in [-0.15, -0.1) is 0 Å². The van der Waals surface area contributed by atoms with Crippen LogP contribution in [0.15, 0.2) is 0 Å². The van der Waals surface area contributed by atoms with Crippen molar-refractivity contribution in [2.75, 3.05) is 0 Å². The Bertz CT molecular complexity index is 455. The third-order valence-electron chi connectivity index (χ3n) is 5.35. The first kappa shape index (κ1) is 22.9. The van der Waals surface area contributed by atoms with E-state index in [4.69, 9.17) is 4.74 Å². The third kappa shape index (κ3) is 7.26. The molecule has 1 rings (SSSR count). The van der Waals surface area contributed by atoms with Crippen molar-refractivity contribution in [3.63, 3.8) is 0 Å². The molecule has 0 aromatic carbocycles. The summed E-state index contributed by atoms with van der Waals surface area (Å²) in [6.07, 6.45) is 6.07. The summed E-state index contributed by atoms with van der Waals surface area (Å²) < 4.78 is 5.59. The predicted molar refractivity (Wildman–Crippen MR) is 106 cm³/mol. The van der Waals surface area contributed by atoms with Crippen LogP contribution in [-0.2, 0) is 14.3 Å². The van der Waals surface area contributed by atoms with Crippen molar-refractivity contribution >= 4 is 11.9 Å². The van der Waals surface area contributed by atoms with Crippen LogP contribution in [0.3, 0.4) is 0 Å². The van der Waals surface area contributed by atoms with Gasteiger partial charge in [0.05, 0.1) is 0 Å². The number of rotatable bonds is 9. The van der Waals surface area contributed by atoms with E-state index in [1.807, 2.05) is 20.8 Å². The summed E-state index contributed by atoms with van der Waals surface area (Å²) in [6, 6.07) is -0.105. The van der Waals surface area contributed by atoms with E-state index in [1.54, 1.807) is 6.92 Å². The maximum atomic E-state index is 12.6. The molecular weight excluding hydrogens is 328 g/mol. The summed E-state index contributed by atoms with van der Waals surface area (Å²) in [5, 5.41) is 6.68. The van der Waals surface area contributed by atoms with Crippen LogP contribution in [-0.4, -0.2) is 35.6 Å². The number of hydrogen-bond donors (Lipinski definition) is 2. The zero-order valence-electron chi connectivity index (χ0n) is 17.9. The van der Waals surface area contributed by atoms with Gasteiger partial charge in [0, 0.05) is 19.0 Å². The molecule has 4 atom stereocenters. The van der Waals surface area contributed by atoms with E-state index in [1.165, 1.54) is 0 Å². The van der Waals surface area contributed by atoms with E-state index < -0.39 is 5.60 Å². The molecule has 1 aliphatic rings. The second kappa shape index (κ2) is 10.3. The lowest BCUT2D eigenvalue weighted by Crippen LogP contribution is -2.52. The normalized spacial score (nSPS) is 24.5. The Labute approximate surface area is 160 Å². The van der Waals surface area contributed by atoms with Crippen molar-refractivity contribution in [3.8, 4) is 0 Å². The van der Waals surface area contributed by atoms with Gasteiger partial charge in [-0.1, -0.05) is 40.0 Å². The summed E-state index contributed by atoms with van der Waals surface area (Å²) in [6.45, 7) is 13.8. The van der Waals surface area contributed by atoms with Gasteiger partial charge >= 0.3 is 5.97 Å². The Kier molecular flexibility index (Phi) is 9.08. The van der Waals surface area contributed by atoms with Crippen molar-refractivity contribution in [1.82, 2.24) is 10.6 Å². The minimum absolute atomic E-state index is 0.00118. The number of carbonyl (C=O) groups excluding carboxylic acids is 2. The Morgan fingerprint density at radius 2 is 1.81 bits per heavy atom. The zero-order valence-corrected chi connectivity index (χ0v) is 17.9. The van der Waals surface area contributed by atoms with E-state index in [0.717, 1.165) is 38.5 Å². The summed E-state index contributed by atoms with van der Waals surface area (Å²) in [7, 11) is 0. The predicted octanol–water partition coefficient (Wildman–Crippen LogP) is 3.81. The largest absolute Gasteiger partial charge is 0.459 e. The maximum absolute atomic E-state index is 12.6. The van der Waals surface area contributed by atoms with Crippen LogP contribution < -0.4 is 10.6 Å². The lowest BCUT2D eigenvalue weighted by atomic mass is 9.84. The molecule has 5 nitrogen and oxygen atoms in total. The van der Waals surface area contributed by atoms with Gasteiger partial charge in [0.15, 0.2) is 0 Å². The lowest BCUT2D eigenvalue weighted by Gasteiger charge is -2.32. The summed E-state index contributed by atoms with van der Waals surface area (Å²) in [5.41, 5.74) is -0.482. The Balaban J connectivity index is 2.94. The molecule has 0 spiro atoms. The third-order valence-corrected chi connectivity index (χ3v) is 5.35. The first-order valence-electron chi connectivity index (χ1n) is 10.4. The fourth-order valence-electron chi connectivity index (χ4n) is 4.07. The van der Waals surface area contributed by atoms with Crippen LogP contribution in [0.5, 0.6) is 0 Å². The quantitative estimate of drug-likeness (QED) is 0.607. The Morgan fingerprint density at radius 3 is 2.27 bits per heavy atom. The molecule has 1 heterocycles. The van der Waals surface area contributed by atoms with Gasteiger partial charge in [-0.3, -0.25) is 14.9 Å². The monoisotopic (exact) mass is 368 g/mol. The van der Waals surface area contributed by atoms with Crippen molar-refractivity contribution in [3.05, 3.63) is 0 Å². The number of amides is 1. The molecule has 1 aliphatic heterocycles. The highest BCUT2D eigenvalue weighted by molar-refractivity contribution is 5.77. The molecule has 0 bridgehead atoms. The molecule has 0 radical (unpaired) electrons. The number of ether oxygens (including phenoxy) is 1. The molecule has 1 saturated heterocycles. The van der Waals surface area contributed by atoms with Crippen LogP contribution in [0.1, 0.15) is 87.0 Å². The molecule has 0 unspecified atom stereocenters. The van der Waals surface area contributed by atoms with Crippen LogP contribution >= 0.6 is 0 Å². The Morgan fingerprint density at radius 1 is 1.19 bits per heavy atom. The molecule has 1 amide bonds. The standard InChI is InChI=1S/C21H40N2O3/c1-8-11-16-13-18(20(25)26-21(5,6)7)23-19(16)17(22-14(4)24)12-15(9-2)10-3/h15-19,23H,8-13H2,1-7H3,(H,22,24)/t16-,17-,18+,19+/m0/s1. The van der Waals surface area contributed by atoms with Gasteiger partial charge in [0.25, 0.3) is 0 Å². The first-order valence-corrected chi connectivity index (χ1v) is 10.4. The molecule has 0 aromatic rings. The number of nitrogens with one attached hydrogen (secondary N) is 2. The van der Waals surface area contributed by atoms with E-state index in [0.29, 0.717) is 11.8 Å². The van der Waals surface area contributed by atoms with E-state index in [2.05, 4.69) is 31.4 Å². The molecule has 26 heavy (non-hydrogen) atoms. The molecule has 0 saturated carbocycles. The maximum Gasteiger partial charge on any atom is 0.323 e. The van der Waals surface area contributed by atoms with Crippen LogP contribution in [0.4, 0.5) is 0 Å². The molecule has 2 N–H and O–H groups in total. The number of hydrogen-bond acceptors (Lipinski definition) is 4. The second-order valence-electron chi connectivity index (χ2n) is 8.79. The average molecular weight is 369 g/mol. The summed E-state index contributed by atoms with van der Waals surface area (Å²) in [4.78, 5) is 24.4. The molecule has 0 aliphatic carbocycles. The molecule has 5 heteroatoms. The summed E-state index contributed by atoms with van der Waals surface area (Å²) >= 11 is 0. The first-order chi connectivity index (χ1) is 12.1. The molecule has 0 aromatic heterocycles. The second-order valence-corrected chi connectivity index (χ2v) is 8.79. The lowest BCUT2D eigenvalue weighted by molar-refractivity contribution is -0.157. The van der Waals surface area contributed by atoms with Crippen LogP contribution in [0.25, 0.3) is 0 Å². The SMILES string of the molecule is CCC[C@H]1C[C@H](C(=O)OC(C)(C)C)N[C@H]1[C@H](CC(CC)CC)NC(C)=O. The highest BCUT2D eigenvalue weighted by Gasteiger charge is 2.42. The number of carbonyl (C=O) groups is 2. The minimum atomic E-state index is -0.482. The number of esters is 1. The highest BCUT2D eigenvalue weighted by atomic mass is 16.6. The fraction of sp³-hybridized carbons (Fsp3) is 0.905. The minimum Gasteiger partial charge on any atom is -0.459 e. The topological polar surface area (TPSA) is 67.4 Å². The van der Waals surface area contributed by atoms with Crippen molar-refractivity contribution in [2.45, 2.75) is 111 Å². The highest BCUT2D eigenvalue weighted by Crippen LogP contribution is 2.31. The molecule has 1 fully saturated rings. The molecule has 152 valence electrons. The van der Waals surface area contributed by atoms with Crippen molar-refractivity contribution in [1.29, 1.82) is 0 Å². The molecular formula is C21H40N2O3. The average Bonchev–Trinajstić information content (AvgIpc) is 2.94. The van der Waals surface area contributed by atoms with Gasteiger partial charge in [0.2, 0.25) is 5.91 Å². The van der Waals surface area contributed by atoms with Gasteiger partial charge in [-0.05, 0) is 51.9 Å². The van der Waals surface area contributed by atoms with Crippen LogP contribution in [0.2, 0.25) is 0 Å². The zero-order chi connectivity index (χ0) is 19.9. The van der Waals surface area contributed by atoms with Gasteiger partial charge in [-0.2, -0.15) is 0 Å². The van der Waals surface area contributed by atoms with E-state index >= 15 is 0 Å².